The number of aromatic nitrogens is 2. The first-order chi connectivity index (χ1) is 15.7. The lowest BCUT2D eigenvalue weighted by molar-refractivity contribution is -0.385. The molecule has 0 bridgehead atoms. The van der Waals surface area contributed by atoms with Crippen molar-refractivity contribution in [1.82, 2.24) is 9.97 Å². The molecule has 0 atom stereocenters. The van der Waals surface area contributed by atoms with E-state index in [2.05, 4.69) is 25.9 Å². The van der Waals surface area contributed by atoms with Crippen LogP contribution < -0.4 is 4.74 Å². The second-order valence-electron chi connectivity index (χ2n) is 8.03. The van der Waals surface area contributed by atoms with Crippen LogP contribution in [0.25, 0.3) is 0 Å². The van der Waals surface area contributed by atoms with E-state index < -0.39 is 15.4 Å². The van der Waals surface area contributed by atoms with Crippen LogP contribution in [0, 0.1) is 20.2 Å². The van der Waals surface area contributed by atoms with Crippen LogP contribution in [0.15, 0.2) is 54.9 Å². The van der Waals surface area contributed by atoms with Crippen LogP contribution in [-0.2, 0) is 9.93 Å². The van der Waals surface area contributed by atoms with Crippen molar-refractivity contribution in [1.29, 1.82) is 0 Å². The summed E-state index contributed by atoms with van der Waals surface area (Å²) in [4.78, 5) is 28.4. The van der Waals surface area contributed by atoms with Gasteiger partial charge >= 0.3 is 6.01 Å². The highest BCUT2D eigenvalue weighted by atomic mass is 79.9. The van der Waals surface area contributed by atoms with Gasteiger partial charge in [-0.25, -0.2) is 9.97 Å². The highest BCUT2D eigenvalue weighted by molar-refractivity contribution is 9.09. The molecule has 0 unspecified atom stereocenters. The number of nitrogens with zero attached hydrogens (tertiary/aromatic N) is 4. The second-order valence-corrected chi connectivity index (χ2v) is 10.9. The molecular weight excluding hydrogens is 551 g/mol. The molecule has 0 N–H and O–H groups in total. The van der Waals surface area contributed by atoms with Crippen LogP contribution >= 0.6 is 39.1 Å². The third kappa shape index (κ3) is 7.89. The molecule has 0 aliphatic carbocycles. The molecule has 3 aromatic rings. The Hall–Kier alpha value is -2.82. The fraction of sp³-hybridized carbons (Fsp3) is 0.273. The summed E-state index contributed by atoms with van der Waals surface area (Å²) in [5, 5.41) is 22.1. The normalized spacial score (nSPS) is 11.3. The third-order valence-electron chi connectivity index (χ3n) is 4.46. The number of hydrogen-bond acceptors (Lipinski definition) is 7. The molecule has 34 heavy (non-hydrogen) atoms. The Morgan fingerprint density at radius 1 is 0.824 bits per heavy atom. The average Bonchev–Trinajstić information content (AvgIpc) is 2.73. The SMILES string of the molecule is CC(C)(Br)c1cc(Cl)cc([N+](=O)[O-])c1.CC(C)(Oc1ncccn1)c1cc(Cl)cc([N+](=O)[O-])c1. The van der Waals surface area contributed by atoms with Crippen molar-refractivity contribution >= 4 is 50.5 Å². The third-order valence-corrected chi connectivity index (χ3v) is 5.35. The Kier molecular flexibility index (Phi) is 8.93. The lowest BCUT2D eigenvalue weighted by Gasteiger charge is -2.25. The molecule has 0 fully saturated rings. The number of hydrogen-bond donors (Lipinski definition) is 0. The van der Waals surface area contributed by atoms with E-state index >= 15 is 0 Å². The van der Waals surface area contributed by atoms with E-state index in [1.165, 1.54) is 24.3 Å². The van der Waals surface area contributed by atoms with Crippen molar-refractivity contribution in [3.05, 3.63) is 96.3 Å². The van der Waals surface area contributed by atoms with Gasteiger partial charge in [0.05, 0.1) is 9.85 Å². The van der Waals surface area contributed by atoms with Crippen LogP contribution in [0.3, 0.4) is 0 Å². The Balaban J connectivity index is 0.000000257. The van der Waals surface area contributed by atoms with Gasteiger partial charge in [0.15, 0.2) is 0 Å². The lowest BCUT2D eigenvalue weighted by Crippen LogP contribution is -2.26. The lowest BCUT2D eigenvalue weighted by atomic mass is 9.97. The van der Waals surface area contributed by atoms with E-state index in [-0.39, 0.29) is 26.7 Å². The maximum absolute atomic E-state index is 10.9. The quantitative estimate of drug-likeness (QED) is 0.174. The molecule has 3 rings (SSSR count). The molecule has 0 saturated carbocycles. The zero-order valence-electron chi connectivity index (χ0n) is 18.7. The van der Waals surface area contributed by atoms with Gasteiger partial charge in [-0.05, 0) is 51.5 Å². The Morgan fingerprint density at radius 3 is 1.71 bits per heavy atom. The second kappa shape index (κ2) is 11.1. The van der Waals surface area contributed by atoms with Gasteiger partial charge in [-0.1, -0.05) is 39.1 Å². The molecule has 180 valence electrons. The van der Waals surface area contributed by atoms with Crippen molar-refractivity contribution in [3.63, 3.8) is 0 Å². The first-order valence-corrected chi connectivity index (χ1v) is 11.3. The van der Waals surface area contributed by atoms with E-state index in [1.54, 1.807) is 44.4 Å². The van der Waals surface area contributed by atoms with Crippen LogP contribution in [-0.4, -0.2) is 19.8 Å². The summed E-state index contributed by atoms with van der Waals surface area (Å²) in [7, 11) is 0. The maximum atomic E-state index is 10.9. The molecule has 1 heterocycles. The van der Waals surface area contributed by atoms with E-state index in [4.69, 9.17) is 27.9 Å². The van der Waals surface area contributed by atoms with Gasteiger partial charge in [-0.3, -0.25) is 20.2 Å². The number of nitro groups is 2. The largest absolute Gasteiger partial charge is 0.453 e. The predicted octanol–water partition coefficient (Wildman–Crippen LogP) is 7.23. The van der Waals surface area contributed by atoms with E-state index in [0.29, 0.717) is 10.6 Å². The van der Waals surface area contributed by atoms with E-state index in [0.717, 1.165) is 5.56 Å². The monoisotopic (exact) mass is 570 g/mol. The minimum absolute atomic E-state index is 0.0139. The van der Waals surface area contributed by atoms with Crippen LogP contribution in [0.2, 0.25) is 10.0 Å². The van der Waals surface area contributed by atoms with Gasteiger partial charge in [-0.15, -0.1) is 0 Å². The van der Waals surface area contributed by atoms with Gasteiger partial charge in [0.1, 0.15) is 5.60 Å². The summed E-state index contributed by atoms with van der Waals surface area (Å²) < 4.78 is 5.36. The Bertz CT molecular complexity index is 1190. The molecule has 0 aliphatic heterocycles. The highest BCUT2D eigenvalue weighted by Crippen LogP contribution is 2.34. The fourth-order valence-electron chi connectivity index (χ4n) is 2.68. The fourth-order valence-corrected chi connectivity index (χ4v) is 3.36. The summed E-state index contributed by atoms with van der Waals surface area (Å²) in [5.74, 6) is 0. The summed E-state index contributed by atoms with van der Waals surface area (Å²) in [6, 6.07) is 10.8. The van der Waals surface area contributed by atoms with Gasteiger partial charge in [-0.2, -0.15) is 0 Å². The summed E-state index contributed by atoms with van der Waals surface area (Å²) in [5.41, 5.74) is 0.441. The van der Waals surface area contributed by atoms with Crippen molar-refractivity contribution < 1.29 is 14.6 Å². The van der Waals surface area contributed by atoms with E-state index in [1.807, 2.05) is 13.8 Å². The Labute approximate surface area is 214 Å². The van der Waals surface area contributed by atoms with Gasteiger partial charge in [0, 0.05) is 56.6 Å². The van der Waals surface area contributed by atoms with Gasteiger partial charge in [0.2, 0.25) is 0 Å². The van der Waals surface area contributed by atoms with Crippen LogP contribution in [0.1, 0.15) is 38.8 Å². The number of halogens is 3. The molecule has 12 heteroatoms. The van der Waals surface area contributed by atoms with Crippen molar-refractivity contribution in [3.8, 4) is 6.01 Å². The zero-order chi connectivity index (χ0) is 25.7. The van der Waals surface area contributed by atoms with Crippen LogP contribution in [0.4, 0.5) is 11.4 Å². The number of alkyl halides is 1. The predicted molar refractivity (Wildman–Crippen MR) is 134 cm³/mol. The van der Waals surface area contributed by atoms with Crippen LogP contribution in [0.5, 0.6) is 6.01 Å². The molecule has 0 aliphatic rings. The number of rotatable bonds is 6. The average molecular weight is 572 g/mol. The highest BCUT2D eigenvalue weighted by Gasteiger charge is 2.26. The molecule has 0 radical (unpaired) electrons. The molecule has 0 saturated heterocycles. The molecule has 9 nitrogen and oxygen atoms in total. The zero-order valence-corrected chi connectivity index (χ0v) is 21.8. The summed E-state index contributed by atoms with van der Waals surface area (Å²) >= 11 is 15.1. The Morgan fingerprint density at radius 2 is 1.26 bits per heavy atom. The van der Waals surface area contributed by atoms with Crippen molar-refractivity contribution in [2.75, 3.05) is 0 Å². The molecule has 0 spiro atoms. The van der Waals surface area contributed by atoms with Crippen molar-refractivity contribution in [2.45, 2.75) is 37.6 Å². The minimum atomic E-state index is -0.850. The van der Waals surface area contributed by atoms with Crippen molar-refractivity contribution in [2.24, 2.45) is 0 Å². The number of non-ortho nitro benzene ring substituents is 2. The van der Waals surface area contributed by atoms with E-state index in [9.17, 15) is 20.2 Å². The standard InChI is InChI=1S/C13H12ClN3O3.C9H9BrClNO2/c1-13(2,20-12-15-4-3-5-16-12)9-6-10(14)8-11(7-9)17(18)19;1-9(2,10)6-3-7(11)5-8(4-6)12(13)14/h3-8H,1-2H3;3-5H,1-2H3. The first-order valence-electron chi connectivity index (χ1n) is 9.75. The molecule has 0 amide bonds. The number of benzene rings is 2. The summed E-state index contributed by atoms with van der Waals surface area (Å²) in [6.07, 6.45) is 3.11. The smallest absolute Gasteiger partial charge is 0.317 e. The van der Waals surface area contributed by atoms with Gasteiger partial charge < -0.3 is 4.74 Å². The van der Waals surface area contributed by atoms with Gasteiger partial charge in [0.25, 0.3) is 11.4 Å². The maximum Gasteiger partial charge on any atom is 0.317 e. The minimum Gasteiger partial charge on any atom is -0.453 e. The molecular formula is C22H21BrCl2N4O5. The number of nitro benzene ring substituents is 2. The number of ether oxygens (including phenoxy) is 1. The topological polar surface area (TPSA) is 121 Å². The first kappa shape index (κ1) is 27.4. The molecule has 2 aromatic carbocycles. The molecule has 1 aromatic heterocycles. The summed E-state index contributed by atoms with van der Waals surface area (Å²) in [6.45, 7) is 7.34.